The molecule has 0 N–H and O–H groups in total. The summed E-state index contributed by atoms with van der Waals surface area (Å²) in [4.78, 5) is 1.77. The summed E-state index contributed by atoms with van der Waals surface area (Å²) in [6.45, 7) is 11.3. The number of benzene rings is 1. The number of alkyl halides is 2. The second kappa shape index (κ2) is 6.57. The van der Waals surface area contributed by atoms with E-state index in [4.69, 9.17) is 23.2 Å². The number of nitrogens with zero attached hydrogens (tertiary/aromatic N) is 1. The average molecular weight is 410 g/mol. The molecule has 0 aromatic heterocycles. The van der Waals surface area contributed by atoms with E-state index in [-0.39, 0.29) is 12.6 Å². The van der Waals surface area contributed by atoms with Crippen molar-refractivity contribution < 1.29 is 16.8 Å². The van der Waals surface area contributed by atoms with Crippen molar-refractivity contribution in [3.05, 3.63) is 24.3 Å². The van der Waals surface area contributed by atoms with Crippen LogP contribution in [0, 0.1) is 0 Å². The molecular formula is C16H26Cl2NPd-. The van der Waals surface area contributed by atoms with Crippen molar-refractivity contribution in [1.82, 2.24) is 0 Å². The molecule has 0 atom stereocenters. The molecule has 4 heteroatoms. The molecule has 0 spiro atoms. The maximum absolute atomic E-state index is 6.29. The van der Waals surface area contributed by atoms with E-state index in [9.17, 15) is 0 Å². The van der Waals surface area contributed by atoms with Crippen LogP contribution in [-0.2, 0) is 16.8 Å². The number of hydrogen-bond acceptors (Lipinski definition) is 1. The summed E-state index contributed by atoms with van der Waals surface area (Å²) < 4.78 is 1.54. The zero-order valence-corrected chi connectivity index (χ0v) is 16.5. The third kappa shape index (κ3) is 4.14. The van der Waals surface area contributed by atoms with Gasteiger partial charge in [0.25, 0.3) is 0 Å². The summed E-state index contributed by atoms with van der Waals surface area (Å²) in [6.07, 6.45) is 0. The van der Waals surface area contributed by atoms with Gasteiger partial charge in [0.15, 0.2) is 0 Å². The van der Waals surface area contributed by atoms with Crippen molar-refractivity contribution >= 4 is 32.9 Å². The van der Waals surface area contributed by atoms with E-state index >= 15 is 0 Å². The fraction of sp³-hybridized carbons (Fsp3) is 0.625. The molecule has 1 aromatic rings. The van der Waals surface area contributed by atoms with Crippen molar-refractivity contribution in [2.24, 2.45) is 0 Å². The fourth-order valence-corrected chi connectivity index (χ4v) is 9.46. The Balaban J connectivity index is 3.26. The van der Waals surface area contributed by atoms with Gasteiger partial charge < -0.3 is 0 Å². The summed E-state index contributed by atoms with van der Waals surface area (Å²) in [7, 11) is 4.12. The van der Waals surface area contributed by atoms with E-state index in [1.165, 1.54) is 9.72 Å². The van der Waals surface area contributed by atoms with Crippen molar-refractivity contribution in [2.75, 3.05) is 19.0 Å². The molecule has 0 amide bonds. The molecule has 0 saturated heterocycles. The fourth-order valence-electron chi connectivity index (χ4n) is 2.02. The first kappa shape index (κ1) is 18.3. The molecule has 0 unspecified atom stereocenters. The molecule has 0 aliphatic rings. The Bertz CT molecular complexity index is 433. The summed E-state index contributed by atoms with van der Waals surface area (Å²) in [6, 6.07) is 8.87. The van der Waals surface area contributed by atoms with E-state index in [1.807, 2.05) is 0 Å². The van der Waals surface area contributed by atoms with Crippen LogP contribution in [0.1, 0.15) is 34.6 Å². The first-order chi connectivity index (χ1) is 8.98. The average Bonchev–Trinajstić information content (AvgIpc) is 2.27. The molecule has 0 saturated carbocycles. The van der Waals surface area contributed by atoms with Crippen molar-refractivity contribution in [1.29, 1.82) is 0 Å². The van der Waals surface area contributed by atoms with Gasteiger partial charge in [0.05, 0.1) is 0 Å². The molecule has 0 aliphatic carbocycles. The summed E-state index contributed by atoms with van der Waals surface area (Å²) in [5.41, 5.74) is 1.22. The van der Waals surface area contributed by atoms with Gasteiger partial charge in [-0.15, -0.1) is 0 Å². The third-order valence-electron chi connectivity index (χ3n) is 2.89. The topological polar surface area (TPSA) is 3.24 Å². The predicted octanol–water partition coefficient (Wildman–Crippen LogP) is 5.22. The summed E-state index contributed by atoms with van der Waals surface area (Å²) in [5.74, 6) is 0. The predicted molar refractivity (Wildman–Crippen MR) is 89.7 cm³/mol. The van der Waals surface area contributed by atoms with Gasteiger partial charge in [-0.2, -0.15) is 0 Å². The van der Waals surface area contributed by atoms with Gasteiger partial charge in [-0.3, -0.25) is 0 Å². The van der Waals surface area contributed by atoms with Crippen LogP contribution in [-0.4, -0.2) is 18.9 Å². The molecule has 0 bridgehead atoms. The van der Waals surface area contributed by atoms with Crippen LogP contribution in [0.4, 0.5) is 5.69 Å². The van der Waals surface area contributed by atoms with Crippen LogP contribution in [0.3, 0.4) is 0 Å². The minimum absolute atomic E-state index is 0.0768. The van der Waals surface area contributed by atoms with Gasteiger partial charge in [0, 0.05) is 0 Å². The molecule has 0 aliphatic heterocycles. The molecule has 0 radical (unpaired) electrons. The number of rotatable bonds is 4. The molecular weight excluding hydrogens is 384 g/mol. The van der Waals surface area contributed by atoms with Gasteiger partial charge in [0.2, 0.25) is 0 Å². The molecule has 0 heterocycles. The minimum atomic E-state index is -1.12. The van der Waals surface area contributed by atoms with Gasteiger partial charge in [-0.05, 0) is 0 Å². The number of hydrogen-bond donors (Lipinski definition) is 0. The van der Waals surface area contributed by atoms with Crippen LogP contribution in [0.2, 0.25) is 7.78 Å². The maximum atomic E-state index is 6.29. The van der Waals surface area contributed by atoms with E-state index in [0.717, 1.165) is 0 Å². The summed E-state index contributed by atoms with van der Waals surface area (Å²) in [5, 5.41) is 0. The molecule has 1 aromatic carbocycles. The molecule has 20 heavy (non-hydrogen) atoms. The van der Waals surface area contributed by atoms with Crippen LogP contribution < -0.4 is 8.94 Å². The number of anilines is 1. The Labute approximate surface area is 139 Å². The van der Waals surface area contributed by atoms with Gasteiger partial charge in [-0.25, -0.2) is 0 Å². The van der Waals surface area contributed by atoms with E-state index in [0.29, 0.717) is 0 Å². The molecule has 1 rings (SSSR count). The Hall–Kier alpha value is 0.262. The van der Waals surface area contributed by atoms with Crippen LogP contribution >= 0.6 is 23.2 Å². The Morgan fingerprint density at radius 3 is 1.70 bits per heavy atom. The quantitative estimate of drug-likeness (QED) is 0.487. The second-order valence-electron chi connectivity index (χ2n) is 6.33. The normalized spacial score (nSPS) is 13.6. The van der Waals surface area contributed by atoms with Crippen LogP contribution in [0.25, 0.3) is 0 Å². The first-order valence-electron chi connectivity index (χ1n) is 6.64. The molecule has 120 valence electrons. The van der Waals surface area contributed by atoms with Gasteiger partial charge in [0.1, 0.15) is 0 Å². The van der Waals surface area contributed by atoms with Gasteiger partial charge in [-0.1, -0.05) is 0 Å². The Kier molecular flexibility index (Phi) is 6.02. The third-order valence-corrected chi connectivity index (χ3v) is 10.7. The van der Waals surface area contributed by atoms with Crippen molar-refractivity contribution in [3.63, 3.8) is 0 Å². The van der Waals surface area contributed by atoms with E-state index < -0.39 is 16.8 Å². The Morgan fingerprint density at radius 2 is 1.40 bits per heavy atom. The zero-order chi connectivity index (χ0) is 15.7. The van der Waals surface area contributed by atoms with Gasteiger partial charge >= 0.3 is 140 Å². The second-order valence-corrected chi connectivity index (χ2v) is 13.8. The Morgan fingerprint density at radius 1 is 0.950 bits per heavy atom. The van der Waals surface area contributed by atoms with Crippen molar-refractivity contribution in [2.45, 2.75) is 47.2 Å². The number of halogens is 2. The summed E-state index contributed by atoms with van der Waals surface area (Å²) >= 11 is 11.5. The van der Waals surface area contributed by atoms with Crippen LogP contribution in [0.15, 0.2) is 24.3 Å². The molecule has 1 nitrogen and oxygen atoms in total. The molecule has 0 fully saturated rings. The monoisotopic (exact) mass is 408 g/mol. The zero-order valence-electron chi connectivity index (χ0n) is 13.4. The standard InChI is InChI=1S/C8H10N.C4H7Cl2.C4H9.Pd/c1-9(2)8-6-4-3-5-7-8;1-3(2)4(5)6;1-4(2)3;/h4-7H,1-2H3;4H,1-2H3;1-3H3;/q;;;-1. The van der Waals surface area contributed by atoms with E-state index in [1.54, 1.807) is 0 Å². The SMILES string of the molecule is CN(C)c1cc[c]([Pd-]([C](C)(C)C)[C](C)(C)C(Cl)Cl)cc1. The van der Waals surface area contributed by atoms with Crippen molar-refractivity contribution in [3.8, 4) is 0 Å². The van der Waals surface area contributed by atoms with E-state index in [2.05, 4.69) is 77.9 Å². The van der Waals surface area contributed by atoms with Crippen LogP contribution in [0.5, 0.6) is 0 Å². The first-order valence-corrected chi connectivity index (χ1v) is 9.84.